The average molecular weight is 361 g/mol. The van der Waals surface area contributed by atoms with E-state index < -0.39 is 22.2 Å². The standard InChI is InChI=1S/C19H23NO4S/c1-14-8-10-15(11-9-14)19(22)17-6-2-3-7-18(17)25(23,24)20-12-4-5-16(20)13-21/h2-3,6-11,16,19,21-22H,4-5,12-13H2,1H3/t16-,19-/m0/s1. The molecule has 1 aliphatic heterocycles. The van der Waals surface area contributed by atoms with Crippen LogP contribution in [-0.4, -0.2) is 42.1 Å². The first kappa shape index (κ1) is 18.1. The molecule has 0 radical (unpaired) electrons. The predicted molar refractivity (Wildman–Crippen MR) is 95.7 cm³/mol. The summed E-state index contributed by atoms with van der Waals surface area (Å²) in [6.45, 7) is 2.15. The maximum atomic E-state index is 13.1. The second kappa shape index (κ2) is 7.25. The van der Waals surface area contributed by atoms with Crippen molar-refractivity contribution < 1.29 is 18.6 Å². The third kappa shape index (κ3) is 3.48. The lowest BCUT2D eigenvalue weighted by atomic mass is 10.0. The van der Waals surface area contributed by atoms with E-state index >= 15 is 0 Å². The molecule has 6 heteroatoms. The quantitative estimate of drug-likeness (QED) is 0.856. The summed E-state index contributed by atoms with van der Waals surface area (Å²) in [5, 5.41) is 20.2. The van der Waals surface area contributed by atoms with Crippen LogP contribution in [0.2, 0.25) is 0 Å². The molecule has 0 aromatic heterocycles. The molecule has 1 saturated heterocycles. The SMILES string of the molecule is Cc1ccc([C@H](O)c2ccccc2S(=O)(=O)N2CCC[C@H]2CO)cc1. The van der Waals surface area contributed by atoms with Gasteiger partial charge >= 0.3 is 0 Å². The van der Waals surface area contributed by atoms with Crippen LogP contribution in [0.4, 0.5) is 0 Å². The first-order valence-corrected chi connectivity index (χ1v) is 9.85. The number of hydrogen-bond acceptors (Lipinski definition) is 4. The number of benzene rings is 2. The van der Waals surface area contributed by atoms with Gasteiger partial charge in [0.2, 0.25) is 10.0 Å². The zero-order valence-electron chi connectivity index (χ0n) is 14.2. The Morgan fingerprint density at radius 2 is 1.84 bits per heavy atom. The van der Waals surface area contributed by atoms with Gasteiger partial charge in [-0.05, 0) is 31.4 Å². The summed E-state index contributed by atoms with van der Waals surface area (Å²) in [4.78, 5) is 0.100. The van der Waals surface area contributed by atoms with Gasteiger partial charge in [0.15, 0.2) is 0 Å². The molecule has 2 atom stereocenters. The summed E-state index contributed by atoms with van der Waals surface area (Å²) >= 11 is 0. The molecule has 1 fully saturated rings. The molecular weight excluding hydrogens is 338 g/mol. The minimum atomic E-state index is -3.78. The largest absolute Gasteiger partial charge is 0.395 e. The highest BCUT2D eigenvalue weighted by molar-refractivity contribution is 7.89. The molecular formula is C19H23NO4S. The van der Waals surface area contributed by atoms with Crippen molar-refractivity contribution in [2.24, 2.45) is 0 Å². The van der Waals surface area contributed by atoms with E-state index in [1.54, 1.807) is 30.3 Å². The van der Waals surface area contributed by atoms with Crippen LogP contribution in [0, 0.1) is 6.92 Å². The molecule has 2 aromatic carbocycles. The van der Waals surface area contributed by atoms with Crippen LogP contribution in [0.3, 0.4) is 0 Å². The van der Waals surface area contributed by atoms with Crippen molar-refractivity contribution in [2.45, 2.75) is 36.8 Å². The first-order chi connectivity index (χ1) is 11.9. The number of aryl methyl sites for hydroxylation is 1. The van der Waals surface area contributed by atoms with Crippen LogP contribution in [-0.2, 0) is 10.0 Å². The average Bonchev–Trinajstić information content (AvgIpc) is 3.11. The van der Waals surface area contributed by atoms with Crippen LogP contribution >= 0.6 is 0 Å². The molecule has 5 nitrogen and oxygen atoms in total. The molecule has 0 bridgehead atoms. The van der Waals surface area contributed by atoms with E-state index in [4.69, 9.17) is 0 Å². The minimum Gasteiger partial charge on any atom is -0.395 e. The minimum absolute atomic E-state index is 0.100. The molecule has 25 heavy (non-hydrogen) atoms. The Hall–Kier alpha value is -1.73. The molecule has 0 aliphatic carbocycles. The second-order valence-electron chi connectivity index (χ2n) is 6.45. The van der Waals surface area contributed by atoms with E-state index in [9.17, 15) is 18.6 Å². The van der Waals surface area contributed by atoms with E-state index in [-0.39, 0.29) is 11.5 Å². The van der Waals surface area contributed by atoms with Gasteiger partial charge in [0.05, 0.1) is 11.5 Å². The molecule has 0 spiro atoms. The van der Waals surface area contributed by atoms with Gasteiger partial charge in [-0.15, -0.1) is 0 Å². The van der Waals surface area contributed by atoms with Gasteiger partial charge in [-0.2, -0.15) is 4.31 Å². The van der Waals surface area contributed by atoms with Crippen LogP contribution < -0.4 is 0 Å². The van der Waals surface area contributed by atoms with Crippen molar-refractivity contribution in [3.63, 3.8) is 0 Å². The van der Waals surface area contributed by atoms with Crippen LogP contribution in [0.15, 0.2) is 53.4 Å². The summed E-state index contributed by atoms with van der Waals surface area (Å²) in [6.07, 6.45) is 0.354. The molecule has 2 aromatic rings. The lowest BCUT2D eigenvalue weighted by Gasteiger charge is -2.25. The Labute approximate surface area is 148 Å². The molecule has 0 saturated carbocycles. The molecule has 0 unspecified atom stereocenters. The van der Waals surface area contributed by atoms with Gasteiger partial charge in [0.25, 0.3) is 0 Å². The number of aliphatic hydroxyl groups excluding tert-OH is 2. The Kier molecular flexibility index (Phi) is 5.24. The smallest absolute Gasteiger partial charge is 0.243 e. The van der Waals surface area contributed by atoms with Gasteiger partial charge in [0, 0.05) is 18.2 Å². The number of hydrogen-bond donors (Lipinski definition) is 2. The number of nitrogens with zero attached hydrogens (tertiary/aromatic N) is 1. The molecule has 1 aliphatic rings. The highest BCUT2D eigenvalue weighted by Gasteiger charge is 2.36. The van der Waals surface area contributed by atoms with E-state index in [1.165, 1.54) is 10.4 Å². The van der Waals surface area contributed by atoms with Crippen LogP contribution in [0.25, 0.3) is 0 Å². The summed E-state index contributed by atoms with van der Waals surface area (Å²) in [5.41, 5.74) is 2.07. The van der Waals surface area contributed by atoms with Crippen LogP contribution in [0.1, 0.15) is 35.6 Å². The van der Waals surface area contributed by atoms with Gasteiger partial charge in [-0.1, -0.05) is 48.0 Å². The zero-order chi connectivity index (χ0) is 18.0. The summed E-state index contributed by atoms with van der Waals surface area (Å²) in [7, 11) is -3.78. The summed E-state index contributed by atoms with van der Waals surface area (Å²) < 4.78 is 27.6. The maximum absolute atomic E-state index is 13.1. The number of aliphatic hydroxyl groups is 2. The molecule has 0 amide bonds. The Bertz CT molecular complexity index is 833. The van der Waals surface area contributed by atoms with Crippen molar-refractivity contribution in [1.29, 1.82) is 0 Å². The van der Waals surface area contributed by atoms with E-state index in [1.807, 2.05) is 19.1 Å². The monoisotopic (exact) mass is 361 g/mol. The normalized spacial score (nSPS) is 19.9. The van der Waals surface area contributed by atoms with E-state index in [0.717, 1.165) is 12.0 Å². The Morgan fingerprint density at radius 1 is 1.16 bits per heavy atom. The van der Waals surface area contributed by atoms with Crippen LogP contribution in [0.5, 0.6) is 0 Å². The van der Waals surface area contributed by atoms with E-state index in [2.05, 4.69) is 0 Å². The number of rotatable bonds is 5. The lowest BCUT2D eigenvalue weighted by Crippen LogP contribution is -2.38. The van der Waals surface area contributed by atoms with Crippen molar-refractivity contribution in [3.05, 3.63) is 65.2 Å². The fourth-order valence-corrected chi connectivity index (χ4v) is 5.22. The highest BCUT2D eigenvalue weighted by atomic mass is 32.2. The number of sulfonamides is 1. The van der Waals surface area contributed by atoms with Gasteiger partial charge in [-0.25, -0.2) is 8.42 Å². The second-order valence-corrected chi connectivity index (χ2v) is 8.30. The fourth-order valence-electron chi connectivity index (χ4n) is 3.30. The van der Waals surface area contributed by atoms with Crippen molar-refractivity contribution in [2.75, 3.05) is 13.2 Å². The van der Waals surface area contributed by atoms with Crippen molar-refractivity contribution in [3.8, 4) is 0 Å². The van der Waals surface area contributed by atoms with Crippen molar-refractivity contribution in [1.82, 2.24) is 4.31 Å². The zero-order valence-corrected chi connectivity index (χ0v) is 15.0. The topological polar surface area (TPSA) is 77.8 Å². The van der Waals surface area contributed by atoms with Gasteiger partial charge in [0.1, 0.15) is 6.10 Å². The molecule has 2 N–H and O–H groups in total. The Balaban J connectivity index is 2.02. The molecule has 134 valence electrons. The molecule has 3 rings (SSSR count). The van der Waals surface area contributed by atoms with Gasteiger partial charge in [-0.3, -0.25) is 0 Å². The molecule has 1 heterocycles. The highest BCUT2D eigenvalue weighted by Crippen LogP contribution is 2.32. The fraction of sp³-hybridized carbons (Fsp3) is 0.368. The summed E-state index contributed by atoms with van der Waals surface area (Å²) in [5.74, 6) is 0. The maximum Gasteiger partial charge on any atom is 0.243 e. The lowest BCUT2D eigenvalue weighted by molar-refractivity contribution is 0.210. The Morgan fingerprint density at radius 3 is 2.52 bits per heavy atom. The summed E-state index contributed by atoms with van der Waals surface area (Å²) in [6, 6.07) is 13.5. The first-order valence-electron chi connectivity index (χ1n) is 8.41. The third-order valence-electron chi connectivity index (χ3n) is 4.73. The predicted octanol–water partition coefficient (Wildman–Crippen LogP) is 2.22. The van der Waals surface area contributed by atoms with Crippen molar-refractivity contribution >= 4 is 10.0 Å². The van der Waals surface area contributed by atoms with E-state index in [0.29, 0.717) is 24.1 Å². The van der Waals surface area contributed by atoms with Gasteiger partial charge < -0.3 is 10.2 Å². The third-order valence-corrected chi connectivity index (χ3v) is 6.75.